The summed E-state index contributed by atoms with van der Waals surface area (Å²) in [6, 6.07) is 7.95. The number of unbranched alkanes of at least 4 members (excludes halogenated alkanes) is 2. The Labute approximate surface area is 195 Å². The van der Waals surface area contributed by atoms with E-state index in [0.717, 1.165) is 30.6 Å². The molecule has 32 heavy (non-hydrogen) atoms. The molecule has 1 fully saturated rings. The largest absolute Gasteiger partial charge is 0.496 e. The molecular weight excluding hydrogens is 428 g/mol. The van der Waals surface area contributed by atoms with Crippen LogP contribution in [0.1, 0.15) is 50.7 Å². The molecule has 1 aliphatic heterocycles. The first-order valence-corrected chi connectivity index (χ1v) is 11.7. The van der Waals surface area contributed by atoms with Crippen LogP contribution < -0.4 is 4.74 Å². The first-order valence-electron chi connectivity index (χ1n) is 11.2. The monoisotopic (exact) mass is 460 g/mol. The van der Waals surface area contributed by atoms with Crippen molar-refractivity contribution in [3.8, 4) is 5.75 Å². The second-order valence-electron chi connectivity index (χ2n) is 8.58. The number of aliphatic carboxylic acids is 1. The van der Waals surface area contributed by atoms with Gasteiger partial charge in [-0.15, -0.1) is 11.6 Å². The minimum atomic E-state index is -0.740. The maximum Gasteiger partial charge on any atom is 0.303 e. The van der Waals surface area contributed by atoms with Gasteiger partial charge in [-0.25, -0.2) is 0 Å². The Morgan fingerprint density at radius 2 is 2.09 bits per heavy atom. The molecule has 0 amide bonds. The summed E-state index contributed by atoms with van der Waals surface area (Å²) in [6.07, 6.45) is 15.0. The van der Waals surface area contributed by atoms with Crippen LogP contribution in [0.25, 0.3) is 0 Å². The zero-order chi connectivity index (χ0) is 23.0. The molecule has 1 N–H and O–H groups in total. The van der Waals surface area contributed by atoms with Gasteiger partial charge in [0.25, 0.3) is 0 Å². The Bertz CT molecular complexity index is 848. The van der Waals surface area contributed by atoms with Crippen molar-refractivity contribution in [2.75, 3.05) is 13.7 Å². The molecule has 0 bridgehead atoms. The standard InChI is InChI=1S/C26H33ClO5/c1-26(17-11-10-15-22(26)27)25-31-18-19(12-6-4-3-5-7-16-23(28)29)24(32-25)20-13-8-9-14-21(20)30-2/h4,6,8-11,13-15,17,19,22,24-25H,3,5,7,12,16,18H2,1-2H3,(H,28,29). The number of benzene rings is 1. The minimum Gasteiger partial charge on any atom is -0.496 e. The van der Waals surface area contributed by atoms with Crippen LogP contribution in [-0.4, -0.2) is 36.5 Å². The van der Waals surface area contributed by atoms with Crippen LogP contribution in [0.15, 0.2) is 60.7 Å². The molecule has 5 atom stereocenters. The summed E-state index contributed by atoms with van der Waals surface area (Å²) >= 11 is 6.64. The normalized spacial score (nSPS) is 30.0. The Balaban J connectivity index is 1.72. The molecule has 1 aromatic rings. The molecule has 5 unspecified atom stereocenters. The van der Waals surface area contributed by atoms with Gasteiger partial charge in [0.15, 0.2) is 6.29 Å². The van der Waals surface area contributed by atoms with Gasteiger partial charge in [0.2, 0.25) is 0 Å². The zero-order valence-corrected chi connectivity index (χ0v) is 19.5. The summed E-state index contributed by atoms with van der Waals surface area (Å²) in [7, 11) is 1.67. The first-order chi connectivity index (χ1) is 15.5. The summed E-state index contributed by atoms with van der Waals surface area (Å²) in [5.74, 6) is 0.182. The van der Waals surface area contributed by atoms with Crippen molar-refractivity contribution < 1.29 is 24.1 Å². The van der Waals surface area contributed by atoms with Crippen molar-refractivity contribution in [1.29, 1.82) is 0 Å². The second-order valence-corrected chi connectivity index (χ2v) is 9.05. The average molecular weight is 461 g/mol. The van der Waals surface area contributed by atoms with Crippen LogP contribution in [0.4, 0.5) is 0 Å². The van der Waals surface area contributed by atoms with Gasteiger partial charge in [-0.1, -0.05) is 54.7 Å². The summed E-state index contributed by atoms with van der Waals surface area (Å²) < 4.78 is 18.4. The third-order valence-electron chi connectivity index (χ3n) is 6.17. The first kappa shape index (κ1) is 24.6. The highest BCUT2D eigenvalue weighted by atomic mass is 35.5. The van der Waals surface area contributed by atoms with E-state index in [0.29, 0.717) is 13.0 Å². The number of hydrogen-bond acceptors (Lipinski definition) is 4. The lowest BCUT2D eigenvalue weighted by molar-refractivity contribution is -0.271. The van der Waals surface area contributed by atoms with E-state index >= 15 is 0 Å². The number of carboxylic acids is 1. The predicted molar refractivity (Wildman–Crippen MR) is 126 cm³/mol. The predicted octanol–water partition coefficient (Wildman–Crippen LogP) is 6.06. The van der Waals surface area contributed by atoms with Crippen LogP contribution in [0.3, 0.4) is 0 Å². The lowest BCUT2D eigenvalue weighted by Gasteiger charge is -2.45. The molecule has 174 valence electrons. The van der Waals surface area contributed by atoms with Gasteiger partial charge < -0.3 is 19.3 Å². The molecular formula is C26H33ClO5. The molecule has 0 spiro atoms. The Kier molecular flexibility index (Phi) is 8.97. The van der Waals surface area contributed by atoms with E-state index in [-0.39, 0.29) is 23.8 Å². The molecule has 2 aliphatic rings. The lowest BCUT2D eigenvalue weighted by Crippen LogP contribution is -2.47. The molecule has 0 saturated carbocycles. The fraction of sp³-hybridized carbons (Fsp3) is 0.500. The molecule has 0 radical (unpaired) electrons. The van der Waals surface area contributed by atoms with Gasteiger partial charge in [-0.3, -0.25) is 4.79 Å². The number of rotatable bonds is 10. The number of ether oxygens (including phenoxy) is 3. The van der Waals surface area contributed by atoms with E-state index in [9.17, 15) is 4.79 Å². The van der Waals surface area contributed by atoms with E-state index in [1.807, 2.05) is 42.5 Å². The summed E-state index contributed by atoms with van der Waals surface area (Å²) in [4.78, 5) is 10.6. The number of carboxylic acid groups (broad SMARTS) is 1. The summed E-state index contributed by atoms with van der Waals surface area (Å²) in [5, 5.41) is 8.52. The number of hydrogen-bond donors (Lipinski definition) is 1. The molecule has 6 heteroatoms. The number of alkyl halides is 1. The number of para-hydroxylation sites is 1. The molecule has 1 aliphatic carbocycles. The number of carbonyl (C=O) groups is 1. The molecule has 1 aromatic carbocycles. The fourth-order valence-corrected chi connectivity index (χ4v) is 4.45. The smallest absolute Gasteiger partial charge is 0.303 e. The molecule has 0 aromatic heterocycles. The number of allylic oxidation sites excluding steroid dienone is 5. The van der Waals surface area contributed by atoms with Gasteiger partial charge in [0.05, 0.1) is 30.6 Å². The lowest BCUT2D eigenvalue weighted by atomic mass is 9.81. The van der Waals surface area contributed by atoms with Gasteiger partial charge in [-0.2, -0.15) is 0 Å². The zero-order valence-electron chi connectivity index (χ0n) is 18.8. The van der Waals surface area contributed by atoms with Gasteiger partial charge >= 0.3 is 5.97 Å². The van der Waals surface area contributed by atoms with E-state index in [2.05, 4.69) is 25.2 Å². The van der Waals surface area contributed by atoms with Crippen LogP contribution >= 0.6 is 11.6 Å². The Morgan fingerprint density at radius 1 is 1.28 bits per heavy atom. The highest BCUT2D eigenvalue weighted by molar-refractivity contribution is 6.22. The van der Waals surface area contributed by atoms with Gasteiger partial charge in [0.1, 0.15) is 5.75 Å². The van der Waals surface area contributed by atoms with Crippen molar-refractivity contribution in [2.24, 2.45) is 11.3 Å². The molecule has 5 nitrogen and oxygen atoms in total. The molecule has 1 saturated heterocycles. The van der Waals surface area contributed by atoms with Crippen LogP contribution in [0.5, 0.6) is 5.75 Å². The fourth-order valence-electron chi connectivity index (χ4n) is 4.19. The molecule has 3 rings (SSSR count). The highest BCUT2D eigenvalue weighted by Gasteiger charge is 2.46. The molecule has 1 heterocycles. The topological polar surface area (TPSA) is 65.0 Å². The van der Waals surface area contributed by atoms with E-state index in [1.54, 1.807) is 7.11 Å². The van der Waals surface area contributed by atoms with Crippen LogP contribution in [0, 0.1) is 11.3 Å². The summed E-state index contributed by atoms with van der Waals surface area (Å²) in [5.41, 5.74) is 0.537. The third-order valence-corrected chi connectivity index (χ3v) is 6.79. The average Bonchev–Trinajstić information content (AvgIpc) is 2.80. The van der Waals surface area contributed by atoms with E-state index in [1.165, 1.54) is 0 Å². The van der Waals surface area contributed by atoms with Crippen molar-refractivity contribution in [3.63, 3.8) is 0 Å². The van der Waals surface area contributed by atoms with Crippen molar-refractivity contribution in [2.45, 2.75) is 56.8 Å². The SMILES string of the molecule is COc1ccccc1C1OC(C2(C)C=CC=CC2Cl)OCC1CC=CCCCCC(=O)O. The quantitative estimate of drug-likeness (QED) is 0.261. The van der Waals surface area contributed by atoms with Crippen molar-refractivity contribution >= 4 is 17.6 Å². The van der Waals surface area contributed by atoms with Crippen molar-refractivity contribution in [1.82, 2.24) is 0 Å². The third kappa shape index (κ3) is 6.03. The van der Waals surface area contributed by atoms with Crippen LogP contribution in [-0.2, 0) is 14.3 Å². The van der Waals surface area contributed by atoms with Crippen molar-refractivity contribution in [3.05, 3.63) is 66.3 Å². The Hall–Kier alpha value is -2.08. The van der Waals surface area contributed by atoms with Crippen LogP contribution in [0.2, 0.25) is 0 Å². The van der Waals surface area contributed by atoms with E-state index < -0.39 is 17.7 Å². The second kappa shape index (κ2) is 11.7. The maximum absolute atomic E-state index is 10.6. The van der Waals surface area contributed by atoms with Gasteiger partial charge in [-0.05, 0) is 38.7 Å². The van der Waals surface area contributed by atoms with E-state index in [4.69, 9.17) is 30.9 Å². The highest BCUT2D eigenvalue weighted by Crippen LogP contribution is 2.46. The number of methoxy groups -OCH3 is 1. The summed E-state index contributed by atoms with van der Waals surface area (Å²) in [6.45, 7) is 2.61. The number of halogens is 1. The Morgan fingerprint density at radius 3 is 2.84 bits per heavy atom. The van der Waals surface area contributed by atoms with Gasteiger partial charge in [0, 0.05) is 17.9 Å². The minimum absolute atomic E-state index is 0.123. The maximum atomic E-state index is 10.6.